The number of carboxylic acid groups (broad SMARTS) is 1. The van der Waals surface area contributed by atoms with E-state index < -0.39 is 12.6 Å². The van der Waals surface area contributed by atoms with E-state index in [1.54, 1.807) is 18.2 Å². The number of hydrogen-bond donors (Lipinski definition) is 2. The molecule has 2 rings (SSSR count). The Hall–Kier alpha value is -1.57. The zero-order chi connectivity index (χ0) is 14.7. The predicted molar refractivity (Wildman–Crippen MR) is 80.9 cm³/mol. The number of thiocarbonyl (C=S) groups is 1. The number of nitrogens with one attached hydrogen (secondary N) is 1. The first-order valence-corrected chi connectivity index (χ1v) is 6.95. The lowest BCUT2D eigenvalue weighted by Gasteiger charge is -2.09. The van der Waals surface area contributed by atoms with Crippen LogP contribution in [0.15, 0.2) is 23.1 Å². The molecular formula is C12H8ClNO4S2. The number of carbonyl (C=O) groups excluding carboxylic acids is 1. The van der Waals surface area contributed by atoms with E-state index in [0.717, 1.165) is 11.8 Å². The number of aliphatic carboxylic acids is 1. The molecule has 2 N–H and O–H groups in total. The molecule has 1 fully saturated rings. The third-order valence-electron chi connectivity index (χ3n) is 2.28. The molecule has 0 radical (unpaired) electrons. The smallest absolute Gasteiger partial charge is 0.341 e. The summed E-state index contributed by atoms with van der Waals surface area (Å²) in [6.45, 7) is -0.492. The van der Waals surface area contributed by atoms with Crippen LogP contribution in [0.4, 0.5) is 0 Å². The van der Waals surface area contributed by atoms with Crippen LogP contribution in [0, 0.1) is 0 Å². The van der Waals surface area contributed by atoms with Gasteiger partial charge in [0.25, 0.3) is 5.91 Å². The zero-order valence-corrected chi connectivity index (χ0v) is 12.3. The molecule has 20 heavy (non-hydrogen) atoms. The van der Waals surface area contributed by atoms with Gasteiger partial charge in [-0.05, 0) is 18.2 Å². The van der Waals surface area contributed by atoms with Crippen LogP contribution in [-0.4, -0.2) is 27.9 Å². The van der Waals surface area contributed by atoms with E-state index in [4.69, 9.17) is 33.7 Å². The first-order chi connectivity index (χ1) is 9.47. The third-order valence-corrected chi connectivity index (χ3v) is 3.77. The average molecular weight is 330 g/mol. The number of thioether (sulfide) groups is 1. The van der Waals surface area contributed by atoms with Crippen molar-refractivity contribution in [1.29, 1.82) is 0 Å². The number of hydrogen-bond acceptors (Lipinski definition) is 5. The second-order valence-corrected chi connectivity index (χ2v) is 5.81. The number of rotatable bonds is 4. The van der Waals surface area contributed by atoms with Crippen molar-refractivity contribution in [3.63, 3.8) is 0 Å². The van der Waals surface area contributed by atoms with Gasteiger partial charge < -0.3 is 15.2 Å². The van der Waals surface area contributed by atoms with Gasteiger partial charge in [-0.3, -0.25) is 4.79 Å². The average Bonchev–Trinajstić information content (AvgIpc) is 2.68. The zero-order valence-electron chi connectivity index (χ0n) is 9.88. The van der Waals surface area contributed by atoms with Crippen LogP contribution in [-0.2, 0) is 9.59 Å². The summed E-state index contributed by atoms with van der Waals surface area (Å²) in [5.41, 5.74) is 0.442. The van der Waals surface area contributed by atoms with Gasteiger partial charge in [-0.15, -0.1) is 0 Å². The van der Waals surface area contributed by atoms with Gasteiger partial charge in [-0.1, -0.05) is 41.6 Å². The Morgan fingerprint density at radius 2 is 2.30 bits per heavy atom. The molecule has 8 heteroatoms. The minimum Gasteiger partial charge on any atom is -0.481 e. The van der Waals surface area contributed by atoms with Gasteiger partial charge in [0, 0.05) is 5.56 Å². The second-order valence-electron chi connectivity index (χ2n) is 3.69. The summed E-state index contributed by atoms with van der Waals surface area (Å²) in [5.74, 6) is -1.12. The number of ether oxygens (including phenoxy) is 1. The SMILES string of the molecule is O=C(O)COc1cccc(Cl)c1/C=C1\SC(=S)NC1=O. The second kappa shape index (κ2) is 6.25. The molecule has 0 saturated carbocycles. The van der Waals surface area contributed by atoms with E-state index in [1.807, 2.05) is 0 Å². The number of halogens is 1. The summed E-state index contributed by atoms with van der Waals surface area (Å²) in [7, 11) is 0. The fourth-order valence-electron chi connectivity index (χ4n) is 1.47. The number of carboxylic acids is 1. The van der Waals surface area contributed by atoms with Crippen molar-refractivity contribution in [2.45, 2.75) is 0 Å². The highest BCUT2D eigenvalue weighted by Gasteiger charge is 2.23. The minimum absolute atomic E-state index is 0.290. The predicted octanol–water partition coefficient (Wildman–Crippen LogP) is 2.29. The molecule has 1 aliphatic rings. The Morgan fingerprint density at radius 3 is 2.90 bits per heavy atom. The number of amides is 1. The van der Waals surface area contributed by atoms with Crippen LogP contribution < -0.4 is 10.1 Å². The van der Waals surface area contributed by atoms with Crippen molar-refractivity contribution in [3.8, 4) is 5.75 Å². The van der Waals surface area contributed by atoms with Crippen LogP contribution in [0.3, 0.4) is 0 Å². The van der Waals surface area contributed by atoms with Gasteiger partial charge in [0.05, 0.1) is 9.93 Å². The van der Waals surface area contributed by atoms with E-state index in [0.29, 0.717) is 25.6 Å². The maximum atomic E-state index is 11.6. The van der Waals surface area contributed by atoms with Gasteiger partial charge >= 0.3 is 5.97 Å². The summed E-state index contributed by atoms with van der Waals surface area (Å²) in [6, 6.07) is 4.84. The summed E-state index contributed by atoms with van der Waals surface area (Å²) in [5, 5.41) is 11.5. The Labute approximate surface area is 128 Å². The molecule has 1 heterocycles. The molecule has 1 amide bonds. The Bertz CT molecular complexity index is 630. The van der Waals surface area contributed by atoms with Crippen LogP contribution in [0.5, 0.6) is 5.75 Å². The first-order valence-electron chi connectivity index (χ1n) is 5.35. The molecule has 0 aliphatic carbocycles. The van der Waals surface area contributed by atoms with Crippen molar-refractivity contribution in [2.24, 2.45) is 0 Å². The van der Waals surface area contributed by atoms with E-state index in [2.05, 4.69) is 5.32 Å². The van der Waals surface area contributed by atoms with Gasteiger partial charge in [0.1, 0.15) is 10.1 Å². The lowest BCUT2D eigenvalue weighted by atomic mass is 10.2. The van der Waals surface area contributed by atoms with E-state index >= 15 is 0 Å². The largest absolute Gasteiger partial charge is 0.481 e. The summed E-state index contributed by atoms with van der Waals surface area (Å²) < 4.78 is 5.51. The normalized spacial score (nSPS) is 16.4. The molecule has 0 bridgehead atoms. The molecule has 1 saturated heterocycles. The number of carbonyl (C=O) groups is 2. The van der Waals surface area contributed by atoms with Crippen LogP contribution in [0.25, 0.3) is 6.08 Å². The van der Waals surface area contributed by atoms with Crippen molar-refractivity contribution in [1.82, 2.24) is 5.32 Å². The molecule has 1 aromatic carbocycles. The van der Waals surface area contributed by atoms with Gasteiger partial charge in [-0.25, -0.2) is 4.79 Å². The highest BCUT2D eigenvalue weighted by atomic mass is 35.5. The fraction of sp³-hybridized carbons (Fsp3) is 0.0833. The van der Waals surface area contributed by atoms with Crippen molar-refractivity contribution < 1.29 is 19.4 Å². The Morgan fingerprint density at radius 1 is 1.55 bits per heavy atom. The molecule has 0 unspecified atom stereocenters. The molecule has 0 atom stereocenters. The van der Waals surface area contributed by atoms with Crippen LogP contribution in [0.2, 0.25) is 5.02 Å². The summed E-state index contributed by atoms with van der Waals surface area (Å²) in [6.07, 6.45) is 1.53. The topological polar surface area (TPSA) is 75.6 Å². The Kier molecular flexibility index (Phi) is 4.64. The van der Waals surface area contributed by atoms with E-state index in [-0.39, 0.29) is 5.91 Å². The highest BCUT2D eigenvalue weighted by molar-refractivity contribution is 8.26. The highest BCUT2D eigenvalue weighted by Crippen LogP contribution is 2.33. The summed E-state index contributed by atoms with van der Waals surface area (Å²) >= 11 is 12.1. The lowest BCUT2D eigenvalue weighted by Crippen LogP contribution is -2.17. The molecule has 0 spiro atoms. The molecule has 104 valence electrons. The summed E-state index contributed by atoms with van der Waals surface area (Å²) in [4.78, 5) is 22.5. The third kappa shape index (κ3) is 3.50. The van der Waals surface area contributed by atoms with Crippen molar-refractivity contribution in [3.05, 3.63) is 33.7 Å². The van der Waals surface area contributed by atoms with Crippen molar-refractivity contribution in [2.75, 3.05) is 6.61 Å². The quantitative estimate of drug-likeness (QED) is 0.652. The molecule has 1 aromatic rings. The maximum Gasteiger partial charge on any atom is 0.341 e. The molecule has 5 nitrogen and oxygen atoms in total. The monoisotopic (exact) mass is 329 g/mol. The minimum atomic E-state index is -1.10. The molecular weight excluding hydrogens is 322 g/mol. The van der Waals surface area contributed by atoms with Crippen molar-refractivity contribution >= 4 is 57.9 Å². The van der Waals surface area contributed by atoms with Crippen LogP contribution in [0.1, 0.15) is 5.56 Å². The fourth-order valence-corrected chi connectivity index (χ4v) is 2.72. The Balaban J connectivity index is 2.35. The standard InChI is InChI=1S/C12H8ClNO4S2/c13-7-2-1-3-8(18-5-10(15)16)6(7)4-9-11(17)14-12(19)20-9/h1-4H,5H2,(H,15,16)(H,14,17,19)/b9-4-. The number of benzene rings is 1. The molecule has 1 aliphatic heterocycles. The van der Waals surface area contributed by atoms with Gasteiger partial charge in [-0.2, -0.15) is 0 Å². The first kappa shape index (κ1) is 14.8. The van der Waals surface area contributed by atoms with Crippen LogP contribution >= 0.6 is 35.6 Å². The van der Waals surface area contributed by atoms with E-state index in [1.165, 1.54) is 6.08 Å². The maximum absolute atomic E-state index is 11.6. The lowest BCUT2D eigenvalue weighted by molar-refractivity contribution is -0.139. The van der Waals surface area contributed by atoms with E-state index in [9.17, 15) is 9.59 Å². The van der Waals surface area contributed by atoms with Gasteiger partial charge in [0.2, 0.25) is 0 Å². The molecule has 0 aromatic heterocycles. The van der Waals surface area contributed by atoms with Gasteiger partial charge in [0.15, 0.2) is 6.61 Å².